The summed E-state index contributed by atoms with van der Waals surface area (Å²) in [6.45, 7) is 4.61. The van der Waals surface area contributed by atoms with Crippen molar-refractivity contribution in [1.29, 1.82) is 0 Å². The van der Waals surface area contributed by atoms with Crippen LogP contribution in [0.15, 0.2) is 54.6 Å². The van der Waals surface area contributed by atoms with Crippen molar-refractivity contribution in [1.82, 2.24) is 25.1 Å². The van der Waals surface area contributed by atoms with Gasteiger partial charge in [0.2, 0.25) is 5.88 Å². The third kappa shape index (κ3) is 6.18. The minimum atomic E-state index is -0.691. The van der Waals surface area contributed by atoms with Gasteiger partial charge in [0.05, 0.1) is 32.9 Å². The monoisotopic (exact) mass is 507 g/mol. The third-order valence-electron chi connectivity index (χ3n) is 5.34. The zero-order valence-corrected chi connectivity index (χ0v) is 21.1. The van der Waals surface area contributed by atoms with Crippen LogP contribution in [0.1, 0.15) is 13.8 Å². The predicted octanol–water partition coefficient (Wildman–Crippen LogP) is 3.17. The minimum Gasteiger partial charge on any atom is -0.497 e. The van der Waals surface area contributed by atoms with E-state index in [0.29, 0.717) is 52.5 Å². The number of carbonyl (C=O) groups excluding carboxylic acids is 1. The molecular formula is C26H29N5O6. The van der Waals surface area contributed by atoms with Crippen LogP contribution in [-0.2, 0) is 4.79 Å². The first kappa shape index (κ1) is 25.5. The van der Waals surface area contributed by atoms with Gasteiger partial charge in [0.15, 0.2) is 17.6 Å². The van der Waals surface area contributed by atoms with E-state index in [4.69, 9.17) is 23.7 Å². The summed E-state index contributed by atoms with van der Waals surface area (Å²) in [5.41, 5.74) is 1.21. The summed E-state index contributed by atoms with van der Waals surface area (Å²) in [5.74, 6) is 3.06. The maximum atomic E-state index is 12.4. The summed E-state index contributed by atoms with van der Waals surface area (Å²) in [6, 6.07) is 16.0. The summed E-state index contributed by atoms with van der Waals surface area (Å²) >= 11 is 0. The Kier molecular flexibility index (Phi) is 8.24. The van der Waals surface area contributed by atoms with E-state index in [0.717, 1.165) is 0 Å². The number of hydrogen-bond acceptors (Lipinski definition) is 9. The Morgan fingerprint density at radius 1 is 0.973 bits per heavy atom. The second-order valence-electron chi connectivity index (χ2n) is 7.84. The molecule has 11 nitrogen and oxygen atoms in total. The van der Waals surface area contributed by atoms with Crippen molar-refractivity contribution in [2.75, 3.05) is 34.0 Å². The number of amides is 1. The van der Waals surface area contributed by atoms with Gasteiger partial charge in [0.25, 0.3) is 5.91 Å². The average Bonchev–Trinajstić information content (AvgIpc) is 3.34. The number of methoxy groups -OCH3 is 2. The highest BCUT2D eigenvalue weighted by molar-refractivity contribution is 5.80. The van der Waals surface area contributed by atoms with Crippen LogP contribution in [0, 0.1) is 0 Å². The molecule has 0 saturated carbocycles. The molecular weight excluding hydrogens is 478 g/mol. The molecule has 0 aliphatic carbocycles. The molecule has 194 valence electrons. The quantitative estimate of drug-likeness (QED) is 0.288. The Hall–Kier alpha value is -4.54. The Morgan fingerprint density at radius 2 is 1.81 bits per heavy atom. The molecule has 0 aliphatic rings. The summed E-state index contributed by atoms with van der Waals surface area (Å²) in [5, 5.41) is 15.7. The number of benzene rings is 2. The predicted molar refractivity (Wildman–Crippen MR) is 136 cm³/mol. The molecule has 0 bridgehead atoms. The van der Waals surface area contributed by atoms with E-state index < -0.39 is 6.10 Å². The number of aromatic nitrogens is 4. The normalized spacial score (nSPS) is 11.6. The van der Waals surface area contributed by atoms with Gasteiger partial charge < -0.3 is 29.0 Å². The Morgan fingerprint density at radius 3 is 2.59 bits per heavy atom. The maximum Gasteiger partial charge on any atom is 0.260 e. The van der Waals surface area contributed by atoms with Crippen molar-refractivity contribution in [3.63, 3.8) is 0 Å². The number of ether oxygens (including phenoxy) is 5. The number of nitrogens with one attached hydrogen (secondary N) is 1. The van der Waals surface area contributed by atoms with Crippen LogP contribution in [0.2, 0.25) is 0 Å². The summed E-state index contributed by atoms with van der Waals surface area (Å²) in [6.07, 6.45) is -0.691. The number of rotatable bonds is 12. The molecule has 37 heavy (non-hydrogen) atoms. The summed E-state index contributed by atoms with van der Waals surface area (Å²) < 4.78 is 29.3. The van der Waals surface area contributed by atoms with E-state index in [1.165, 1.54) is 0 Å². The number of hydrogen-bond donors (Lipinski definition) is 1. The van der Waals surface area contributed by atoms with E-state index in [1.54, 1.807) is 68.1 Å². The van der Waals surface area contributed by atoms with Crippen molar-refractivity contribution in [3.05, 3.63) is 54.6 Å². The second-order valence-corrected chi connectivity index (χ2v) is 7.84. The average molecular weight is 508 g/mol. The lowest BCUT2D eigenvalue weighted by Crippen LogP contribution is -2.38. The molecule has 2 aromatic heterocycles. The lowest BCUT2D eigenvalue weighted by molar-refractivity contribution is -0.127. The lowest BCUT2D eigenvalue weighted by atomic mass is 10.2. The SMILES string of the molecule is CCOc1cccc(OC(C)C(=O)NCCOc2ccc3nnc(-c4cc(OC)ccc4OC)n3n2)c1. The lowest BCUT2D eigenvalue weighted by Gasteiger charge is -2.15. The zero-order valence-electron chi connectivity index (χ0n) is 21.1. The number of fused-ring (bicyclic) bond motifs is 1. The molecule has 2 aromatic carbocycles. The molecule has 0 saturated heterocycles. The highest BCUT2D eigenvalue weighted by Crippen LogP contribution is 2.32. The molecule has 2 heterocycles. The fraction of sp³-hybridized carbons (Fsp3) is 0.308. The van der Waals surface area contributed by atoms with Crippen LogP contribution in [0.25, 0.3) is 17.0 Å². The molecule has 4 rings (SSSR count). The summed E-state index contributed by atoms with van der Waals surface area (Å²) in [7, 11) is 3.16. The zero-order chi connectivity index (χ0) is 26.2. The van der Waals surface area contributed by atoms with Gasteiger partial charge in [0, 0.05) is 12.1 Å². The van der Waals surface area contributed by atoms with E-state index >= 15 is 0 Å². The molecule has 0 radical (unpaired) electrons. The first-order valence-corrected chi connectivity index (χ1v) is 11.8. The summed E-state index contributed by atoms with van der Waals surface area (Å²) in [4.78, 5) is 12.4. The molecule has 4 aromatic rings. The van der Waals surface area contributed by atoms with Gasteiger partial charge in [-0.05, 0) is 50.2 Å². The van der Waals surface area contributed by atoms with Gasteiger partial charge in [0.1, 0.15) is 29.6 Å². The largest absolute Gasteiger partial charge is 0.497 e. The fourth-order valence-electron chi connectivity index (χ4n) is 3.54. The fourth-order valence-corrected chi connectivity index (χ4v) is 3.54. The van der Waals surface area contributed by atoms with Crippen LogP contribution in [-0.4, -0.2) is 65.8 Å². The highest BCUT2D eigenvalue weighted by Gasteiger charge is 2.17. The molecule has 11 heteroatoms. The van der Waals surface area contributed by atoms with Crippen molar-refractivity contribution < 1.29 is 28.5 Å². The van der Waals surface area contributed by atoms with Gasteiger partial charge in [-0.2, -0.15) is 4.52 Å². The second kappa shape index (κ2) is 11.9. The first-order chi connectivity index (χ1) is 18.0. The van der Waals surface area contributed by atoms with Crippen molar-refractivity contribution in [2.45, 2.75) is 20.0 Å². The van der Waals surface area contributed by atoms with E-state index in [2.05, 4.69) is 20.6 Å². The number of carbonyl (C=O) groups is 1. The standard InChI is InChI=1S/C26H29N5O6/c1-5-35-19-7-6-8-20(15-19)37-17(2)26(32)27-13-14-36-24-12-11-23-28-29-25(31(23)30-24)21-16-18(33-3)9-10-22(21)34-4/h6-12,15-17H,5,13-14H2,1-4H3,(H,27,32). The van der Waals surface area contributed by atoms with Crippen LogP contribution < -0.4 is 29.0 Å². The first-order valence-electron chi connectivity index (χ1n) is 11.8. The smallest absolute Gasteiger partial charge is 0.260 e. The van der Waals surface area contributed by atoms with Crippen molar-refractivity contribution in [2.24, 2.45) is 0 Å². The maximum absolute atomic E-state index is 12.4. The Labute approximate surface area is 214 Å². The van der Waals surface area contributed by atoms with Gasteiger partial charge in [-0.25, -0.2) is 0 Å². The topological polar surface area (TPSA) is 118 Å². The molecule has 1 unspecified atom stereocenters. The molecule has 0 aliphatic heterocycles. The van der Waals surface area contributed by atoms with Gasteiger partial charge in [-0.1, -0.05) is 6.07 Å². The molecule has 1 N–H and O–H groups in total. The van der Waals surface area contributed by atoms with Gasteiger partial charge >= 0.3 is 0 Å². The van der Waals surface area contributed by atoms with Crippen LogP contribution in [0.3, 0.4) is 0 Å². The third-order valence-corrected chi connectivity index (χ3v) is 5.34. The van der Waals surface area contributed by atoms with Crippen molar-refractivity contribution in [3.8, 4) is 40.3 Å². The van der Waals surface area contributed by atoms with Crippen LogP contribution >= 0.6 is 0 Å². The van der Waals surface area contributed by atoms with Crippen LogP contribution in [0.5, 0.6) is 28.9 Å². The van der Waals surface area contributed by atoms with E-state index in [9.17, 15) is 4.79 Å². The Bertz CT molecular complexity index is 1360. The van der Waals surface area contributed by atoms with Gasteiger partial charge in [-0.3, -0.25) is 4.79 Å². The van der Waals surface area contributed by atoms with E-state index in [-0.39, 0.29) is 19.1 Å². The van der Waals surface area contributed by atoms with Crippen molar-refractivity contribution >= 4 is 11.6 Å². The van der Waals surface area contributed by atoms with Gasteiger partial charge in [-0.15, -0.1) is 15.3 Å². The molecule has 1 amide bonds. The Balaban J connectivity index is 1.35. The number of nitrogens with zero attached hydrogens (tertiary/aromatic N) is 4. The molecule has 1 atom stereocenters. The van der Waals surface area contributed by atoms with Crippen LogP contribution in [0.4, 0.5) is 0 Å². The molecule has 0 spiro atoms. The molecule has 0 fully saturated rings. The minimum absolute atomic E-state index is 0.205. The highest BCUT2D eigenvalue weighted by atomic mass is 16.5. The van der Waals surface area contributed by atoms with E-state index in [1.807, 2.05) is 19.1 Å².